The number of hydrogen-bond donors (Lipinski definition) is 1. The van der Waals surface area contributed by atoms with Gasteiger partial charge in [-0.3, -0.25) is 4.98 Å². The van der Waals surface area contributed by atoms with Crippen LogP contribution in [0.4, 0.5) is 0 Å². The van der Waals surface area contributed by atoms with E-state index in [2.05, 4.69) is 46.8 Å². The Labute approximate surface area is 91.9 Å². The van der Waals surface area contributed by atoms with Gasteiger partial charge in [0.15, 0.2) is 5.82 Å². The monoisotopic (exact) mass is 301 g/mol. The molecule has 0 atom stereocenters. The van der Waals surface area contributed by atoms with E-state index in [1.54, 1.807) is 6.20 Å². The van der Waals surface area contributed by atoms with Gasteiger partial charge >= 0.3 is 0 Å². The molecule has 0 aromatic carbocycles. The summed E-state index contributed by atoms with van der Waals surface area (Å²) in [5.74, 6) is 0.749. The molecule has 1 N–H and O–H groups in total. The number of imidazole rings is 1. The van der Waals surface area contributed by atoms with Crippen LogP contribution in [0.5, 0.6) is 0 Å². The molecule has 0 radical (unpaired) electrons. The van der Waals surface area contributed by atoms with Gasteiger partial charge in [0.05, 0.1) is 0 Å². The number of nitrogens with one attached hydrogen (secondary N) is 1. The van der Waals surface area contributed by atoms with Gasteiger partial charge in [-0.05, 0) is 44.0 Å². The van der Waals surface area contributed by atoms with Crippen LogP contribution < -0.4 is 0 Å². The Bertz CT molecular complexity index is 391. The fourth-order valence-electron chi connectivity index (χ4n) is 0.955. The Hall–Kier alpha value is -0.680. The lowest BCUT2D eigenvalue weighted by atomic mass is 10.3. The van der Waals surface area contributed by atoms with Gasteiger partial charge in [0, 0.05) is 6.20 Å². The number of H-pyrrole nitrogens is 1. The van der Waals surface area contributed by atoms with Crippen LogP contribution >= 0.6 is 31.9 Å². The van der Waals surface area contributed by atoms with Crippen molar-refractivity contribution in [2.75, 3.05) is 0 Å². The molecule has 0 aliphatic rings. The van der Waals surface area contributed by atoms with E-state index in [0.717, 1.165) is 20.7 Å². The summed E-state index contributed by atoms with van der Waals surface area (Å²) in [6.45, 7) is 0. The Morgan fingerprint density at radius 2 is 2.08 bits per heavy atom. The number of aromatic amines is 1. The summed E-state index contributed by atoms with van der Waals surface area (Å²) in [7, 11) is 0. The first-order chi connectivity index (χ1) is 6.27. The third-order valence-corrected chi connectivity index (χ3v) is 3.21. The molecule has 0 bridgehead atoms. The summed E-state index contributed by atoms with van der Waals surface area (Å²) in [6, 6.07) is 5.70. The molecule has 2 aromatic heterocycles. The number of nitrogens with zero attached hydrogens (tertiary/aromatic N) is 2. The van der Waals surface area contributed by atoms with Crippen LogP contribution in [0.3, 0.4) is 0 Å². The second-order valence-electron chi connectivity index (χ2n) is 2.41. The third kappa shape index (κ3) is 1.81. The van der Waals surface area contributed by atoms with E-state index in [4.69, 9.17) is 0 Å². The topological polar surface area (TPSA) is 41.6 Å². The average Bonchev–Trinajstić information content (AvgIpc) is 2.49. The number of rotatable bonds is 1. The average molecular weight is 303 g/mol. The summed E-state index contributed by atoms with van der Waals surface area (Å²) < 4.78 is 1.58. The highest BCUT2D eigenvalue weighted by Crippen LogP contribution is 2.23. The zero-order valence-electron chi connectivity index (χ0n) is 6.46. The van der Waals surface area contributed by atoms with Gasteiger partial charge in [0.2, 0.25) is 0 Å². The van der Waals surface area contributed by atoms with Gasteiger partial charge < -0.3 is 4.98 Å². The number of halogens is 2. The minimum absolute atomic E-state index is 0.749. The van der Waals surface area contributed by atoms with E-state index >= 15 is 0 Å². The standard InChI is InChI=1S/C8H5Br2N3/c9-6-7(10)13-8(12-6)5-3-1-2-4-11-5/h1-4H,(H,12,13). The summed E-state index contributed by atoms with van der Waals surface area (Å²) in [5.41, 5.74) is 0.828. The first-order valence-corrected chi connectivity index (χ1v) is 5.18. The molecule has 5 heteroatoms. The van der Waals surface area contributed by atoms with Crippen molar-refractivity contribution in [1.82, 2.24) is 15.0 Å². The smallest absolute Gasteiger partial charge is 0.158 e. The molecule has 0 unspecified atom stereocenters. The zero-order chi connectivity index (χ0) is 9.26. The first kappa shape index (κ1) is 8.90. The summed E-state index contributed by atoms with van der Waals surface area (Å²) >= 11 is 6.62. The minimum atomic E-state index is 0.749. The van der Waals surface area contributed by atoms with Crippen molar-refractivity contribution in [1.29, 1.82) is 0 Å². The molecule has 2 heterocycles. The molecule has 13 heavy (non-hydrogen) atoms. The maximum Gasteiger partial charge on any atom is 0.158 e. The molecule has 0 aliphatic heterocycles. The highest BCUT2D eigenvalue weighted by atomic mass is 79.9. The Morgan fingerprint density at radius 3 is 2.62 bits per heavy atom. The van der Waals surface area contributed by atoms with Crippen LogP contribution in [-0.2, 0) is 0 Å². The maximum atomic E-state index is 4.23. The van der Waals surface area contributed by atoms with Gasteiger partial charge in [-0.2, -0.15) is 0 Å². The Balaban J connectivity index is 2.48. The summed E-state index contributed by atoms with van der Waals surface area (Å²) in [6.07, 6.45) is 1.74. The lowest BCUT2D eigenvalue weighted by molar-refractivity contribution is 1.21. The molecule has 0 spiro atoms. The van der Waals surface area contributed by atoms with Gasteiger partial charge in [-0.1, -0.05) is 6.07 Å². The molecule has 0 amide bonds. The molecule has 0 fully saturated rings. The maximum absolute atomic E-state index is 4.23. The number of pyridine rings is 1. The van der Waals surface area contributed by atoms with Crippen molar-refractivity contribution in [3.05, 3.63) is 33.6 Å². The SMILES string of the molecule is Brc1nc(-c2ccccn2)[nH]c1Br. The molecular formula is C8H5Br2N3. The summed E-state index contributed by atoms with van der Waals surface area (Å²) in [5, 5.41) is 0. The lowest BCUT2D eigenvalue weighted by Crippen LogP contribution is -1.83. The van der Waals surface area contributed by atoms with Gasteiger partial charge in [0.25, 0.3) is 0 Å². The van der Waals surface area contributed by atoms with Crippen LogP contribution in [0.15, 0.2) is 33.6 Å². The Morgan fingerprint density at radius 1 is 1.23 bits per heavy atom. The van der Waals surface area contributed by atoms with E-state index in [1.165, 1.54) is 0 Å². The summed E-state index contributed by atoms with van der Waals surface area (Å²) in [4.78, 5) is 11.5. The molecule has 0 aliphatic carbocycles. The lowest BCUT2D eigenvalue weighted by Gasteiger charge is -1.92. The normalized spacial score (nSPS) is 10.3. The Kier molecular flexibility index (Phi) is 2.46. The molecule has 0 saturated heterocycles. The van der Waals surface area contributed by atoms with E-state index in [1.807, 2.05) is 18.2 Å². The van der Waals surface area contributed by atoms with Crippen LogP contribution in [0.1, 0.15) is 0 Å². The van der Waals surface area contributed by atoms with Crippen molar-refractivity contribution >= 4 is 31.9 Å². The van der Waals surface area contributed by atoms with Crippen molar-refractivity contribution in [2.45, 2.75) is 0 Å². The van der Waals surface area contributed by atoms with Crippen LogP contribution in [0, 0.1) is 0 Å². The van der Waals surface area contributed by atoms with Crippen molar-refractivity contribution in [3.8, 4) is 11.5 Å². The zero-order valence-corrected chi connectivity index (χ0v) is 9.63. The second kappa shape index (κ2) is 3.59. The number of aromatic nitrogens is 3. The van der Waals surface area contributed by atoms with Crippen LogP contribution in [0.2, 0.25) is 0 Å². The van der Waals surface area contributed by atoms with Crippen LogP contribution in [-0.4, -0.2) is 15.0 Å². The predicted octanol–water partition coefficient (Wildman–Crippen LogP) is 3.00. The molecule has 2 rings (SSSR count). The molecular weight excluding hydrogens is 298 g/mol. The van der Waals surface area contributed by atoms with E-state index in [-0.39, 0.29) is 0 Å². The first-order valence-electron chi connectivity index (χ1n) is 3.60. The van der Waals surface area contributed by atoms with Crippen molar-refractivity contribution < 1.29 is 0 Å². The van der Waals surface area contributed by atoms with Crippen molar-refractivity contribution in [2.24, 2.45) is 0 Å². The third-order valence-electron chi connectivity index (χ3n) is 1.53. The van der Waals surface area contributed by atoms with Gasteiger partial charge in [0.1, 0.15) is 14.9 Å². The van der Waals surface area contributed by atoms with E-state index in [0.29, 0.717) is 0 Å². The van der Waals surface area contributed by atoms with Crippen molar-refractivity contribution in [3.63, 3.8) is 0 Å². The molecule has 66 valence electrons. The second-order valence-corrected chi connectivity index (χ2v) is 3.95. The van der Waals surface area contributed by atoms with Gasteiger partial charge in [-0.15, -0.1) is 0 Å². The highest BCUT2D eigenvalue weighted by molar-refractivity contribution is 9.13. The fraction of sp³-hybridized carbons (Fsp3) is 0. The molecule has 0 saturated carbocycles. The molecule has 3 nitrogen and oxygen atoms in total. The van der Waals surface area contributed by atoms with Gasteiger partial charge in [-0.25, -0.2) is 4.98 Å². The predicted molar refractivity (Wildman–Crippen MR) is 57.2 cm³/mol. The number of hydrogen-bond acceptors (Lipinski definition) is 2. The van der Waals surface area contributed by atoms with E-state index < -0.39 is 0 Å². The van der Waals surface area contributed by atoms with E-state index in [9.17, 15) is 0 Å². The quantitative estimate of drug-likeness (QED) is 0.880. The highest BCUT2D eigenvalue weighted by Gasteiger charge is 2.06. The minimum Gasteiger partial charge on any atom is -0.330 e. The van der Waals surface area contributed by atoms with Crippen LogP contribution in [0.25, 0.3) is 11.5 Å². The molecule has 2 aromatic rings. The largest absolute Gasteiger partial charge is 0.330 e. The fourth-order valence-corrected chi connectivity index (χ4v) is 1.51.